The molecule has 0 aliphatic carbocycles. The highest BCUT2D eigenvalue weighted by atomic mass is 32.1. The molecule has 1 aromatic carbocycles. The summed E-state index contributed by atoms with van der Waals surface area (Å²) < 4.78 is 0. The second kappa shape index (κ2) is 3.78. The summed E-state index contributed by atoms with van der Waals surface area (Å²) in [6.45, 7) is 0. The van der Waals surface area contributed by atoms with Crippen LogP contribution in [0.15, 0.2) is 44.9 Å². The molecular formula is C10H8N2O2S. The fourth-order valence-corrected chi connectivity index (χ4v) is 1.59. The molecule has 2 aromatic rings. The molecule has 4 nitrogen and oxygen atoms in total. The van der Waals surface area contributed by atoms with Crippen molar-refractivity contribution >= 4 is 12.6 Å². The molecule has 76 valence electrons. The van der Waals surface area contributed by atoms with Gasteiger partial charge >= 0.3 is 5.69 Å². The average molecular weight is 220 g/mol. The predicted octanol–water partition coefficient (Wildman–Crippen LogP) is 1.02. The summed E-state index contributed by atoms with van der Waals surface area (Å²) in [5.74, 6) is 0. The molecule has 1 aromatic heterocycles. The number of hydrogen-bond acceptors (Lipinski definition) is 3. The maximum Gasteiger partial charge on any atom is 0.325 e. The number of aromatic amines is 2. The van der Waals surface area contributed by atoms with Crippen LogP contribution in [0.1, 0.15) is 0 Å². The lowest BCUT2D eigenvalue weighted by Gasteiger charge is -2.02. The first-order valence-corrected chi connectivity index (χ1v) is 4.73. The number of nitrogens with one attached hydrogen (secondary N) is 2. The van der Waals surface area contributed by atoms with Crippen molar-refractivity contribution in [1.82, 2.24) is 9.97 Å². The van der Waals surface area contributed by atoms with E-state index >= 15 is 0 Å². The van der Waals surface area contributed by atoms with Gasteiger partial charge in [-0.1, -0.05) is 18.2 Å². The van der Waals surface area contributed by atoms with Gasteiger partial charge in [-0.2, -0.15) is 0 Å². The van der Waals surface area contributed by atoms with E-state index in [1.807, 2.05) is 6.07 Å². The molecule has 15 heavy (non-hydrogen) atoms. The smallest absolute Gasteiger partial charge is 0.313 e. The summed E-state index contributed by atoms with van der Waals surface area (Å²) in [6, 6.07) is 7.18. The van der Waals surface area contributed by atoms with E-state index in [0.29, 0.717) is 16.0 Å². The minimum absolute atomic E-state index is 0.403. The van der Waals surface area contributed by atoms with Gasteiger partial charge in [-0.15, -0.1) is 12.6 Å². The first-order chi connectivity index (χ1) is 7.18. The Labute approximate surface area is 90.4 Å². The first kappa shape index (κ1) is 9.79. The quantitative estimate of drug-likeness (QED) is 0.628. The largest absolute Gasteiger partial charge is 0.325 e. The van der Waals surface area contributed by atoms with Crippen molar-refractivity contribution < 1.29 is 0 Å². The lowest BCUT2D eigenvalue weighted by molar-refractivity contribution is 1.04. The summed E-state index contributed by atoms with van der Waals surface area (Å²) in [6.07, 6.45) is 1.39. The number of aromatic nitrogens is 2. The summed E-state index contributed by atoms with van der Waals surface area (Å²) in [4.78, 5) is 27.6. The van der Waals surface area contributed by atoms with Crippen LogP contribution in [0.2, 0.25) is 0 Å². The zero-order valence-corrected chi connectivity index (χ0v) is 8.54. The minimum Gasteiger partial charge on any atom is -0.313 e. The van der Waals surface area contributed by atoms with E-state index in [4.69, 9.17) is 0 Å². The summed E-state index contributed by atoms with van der Waals surface area (Å²) >= 11 is 4.24. The SMILES string of the molecule is O=c1[nH]cc(-c2ccccc2S)c(=O)[nH]1. The molecule has 0 atom stereocenters. The second-order valence-corrected chi connectivity index (χ2v) is 3.48. The highest BCUT2D eigenvalue weighted by Gasteiger charge is 2.05. The molecule has 0 amide bonds. The van der Waals surface area contributed by atoms with Crippen LogP contribution >= 0.6 is 12.6 Å². The minimum atomic E-state index is -0.514. The fraction of sp³-hybridized carbons (Fsp3) is 0. The Hall–Kier alpha value is -1.75. The third-order valence-electron chi connectivity index (χ3n) is 2.01. The summed E-state index contributed by atoms with van der Waals surface area (Å²) in [5.41, 5.74) is 0.166. The lowest BCUT2D eigenvalue weighted by atomic mass is 10.1. The van der Waals surface area contributed by atoms with Gasteiger partial charge in [-0.05, 0) is 6.07 Å². The molecule has 0 fully saturated rings. The van der Waals surface area contributed by atoms with Gasteiger partial charge in [0.05, 0.1) is 5.56 Å². The molecule has 0 spiro atoms. The van der Waals surface area contributed by atoms with Crippen LogP contribution in [0.3, 0.4) is 0 Å². The van der Waals surface area contributed by atoms with Gasteiger partial charge in [0.15, 0.2) is 0 Å². The summed E-state index contributed by atoms with van der Waals surface area (Å²) in [7, 11) is 0. The predicted molar refractivity (Wildman–Crippen MR) is 60.4 cm³/mol. The fourth-order valence-electron chi connectivity index (χ4n) is 1.31. The van der Waals surface area contributed by atoms with E-state index in [1.54, 1.807) is 18.2 Å². The first-order valence-electron chi connectivity index (χ1n) is 4.29. The third kappa shape index (κ3) is 1.87. The van der Waals surface area contributed by atoms with Gasteiger partial charge in [-0.3, -0.25) is 9.78 Å². The number of rotatable bonds is 1. The lowest BCUT2D eigenvalue weighted by Crippen LogP contribution is -2.22. The van der Waals surface area contributed by atoms with Crippen LogP contribution in [0, 0.1) is 0 Å². The molecule has 1 heterocycles. The van der Waals surface area contributed by atoms with E-state index in [-0.39, 0.29) is 0 Å². The molecule has 0 unspecified atom stereocenters. The van der Waals surface area contributed by atoms with Crippen LogP contribution in [-0.2, 0) is 0 Å². The van der Waals surface area contributed by atoms with Gasteiger partial charge in [-0.25, -0.2) is 4.79 Å². The molecule has 2 rings (SSSR count). The molecule has 0 saturated heterocycles. The standard InChI is InChI=1S/C10H8N2O2S/c13-9-7(5-11-10(14)12-9)6-3-1-2-4-8(6)15/h1-5,15H,(H2,11,12,13,14). The Balaban J connectivity index is 2.70. The molecule has 0 bridgehead atoms. The Kier molecular flexibility index (Phi) is 2.47. The molecule has 0 radical (unpaired) electrons. The normalized spacial score (nSPS) is 10.2. The number of H-pyrrole nitrogens is 2. The molecular weight excluding hydrogens is 212 g/mol. The van der Waals surface area contributed by atoms with Gasteiger partial charge in [0.1, 0.15) is 0 Å². The van der Waals surface area contributed by atoms with E-state index in [1.165, 1.54) is 6.20 Å². The topological polar surface area (TPSA) is 65.7 Å². The maximum atomic E-state index is 11.5. The maximum absolute atomic E-state index is 11.5. The second-order valence-electron chi connectivity index (χ2n) is 3.00. The van der Waals surface area contributed by atoms with Crippen molar-refractivity contribution in [3.05, 3.63) is 51.3 Å². The molecule has 2 N–H and O–H groups in total. The van der Waals surface area contributed by atoms with Crippen LogP contribution in [0.4, 0.5) is 0 Å². The van der Waals surface area contributed by atoms with Crippen molar-refractivity contribution in [1.29, 1.82) is 0 Å². The summed E-state index contributed by atoms with van der Waals surface area (Å²) in [5, 5.41) is 0. The van der Waals surface area contributed by atoms with Crippen molar-refractivity contribution in [2.75, 3.05) is 0 Å². The number of benzene rings is 1. The number of thiol groups is 1. The van der Waals surface area contributed by atoms with Gasteiger partial charge in [0.25, 0.3) is 5.56 Å². The van der Waals surface area contributed by atoms with Crippen molar-refractivity contribution in [2.24, 2.45) is 0 Å². The van der Waals surface area contributed by atoms with E-state index < -0.39 is 11.2 Å². The highest BCUT2D eigenvalue weighted by Crippen LogP contribution is 2.21. The molecule has 0 aliphatic heterocycles. The zero-order valence-electron chi connectivity index (χ0n) is 7.65. The highest BCUT2D eigenvalue weighted by molar-refractivity contribution is 7.80. The number of hydrogen-bond donors (Lipinski definition) is 3. The Bertz CT molecular complexity index is 601. The van der Waals surface area contributed by atoms with Crippen molar-refractivity contribution in [2.45, 2.75) is 4.90 Å². The van der Waals surface area contributed by atoms with Gasteiger partial charge < -0.3 is 4.98 Å². The van der Waals surface area contributed by atoms with E-state index in [9.17, 15) is 9.59 Å². The van der Waals surface area contributed by atoms with Crippen LogP contribution < -0.4 is 11.2 Å². The van der Waals surface area contributed by atoms with Crippen molar-refractivity contribution in [3.63, 3.8) is 0 Å². The van der Waals surface area contributed by atoms with Crippen LogP contribution in [0.5, 0.6) is 0 Å². The van der Waals surface area contributed by atoms with Crippen molar-refractivity contribution in [3.8, 4) is 11.1 Å². The van der Waals surface area contributed by atoms with E-state index in [2.05, 4.69) is 22.6 Å². The Morgan fingerprint density at radius 2 is 1.80 bits per heavy atom. The van der Waals surface area contributed by atoms with Crippen LogP contribution in [-0.4, -0.2) is 9.97 Å². The third-order valence-corrected chi connectivity index (χ3v) is 2.40. The monoisotopic (exact) mass is 220 g/mol. The molecule has 5 heteroatoms. The van der Waals surface area contributed by atoms with Gasteiger partial charge in [0, 0.05) is 16.7 Å². The average Bonchev–Trinajstić information content (AvgIpc) is 2.20. The Morgan fingerprint density at radius 3 is 2.47 bits per heavy atom. The zero-order chi connectivity index (χ0) is 10.8. The molecule has 0 saturated carbocycles. The Morgan fingerprint density at radius 1 is 1.07 bits per heavy atom. The van der Waals surface area contributed by atoms with E-state index in [0.717, 1.165) is 0 Å². The van der Waals surface area contributed by atoms with Gasteiger partial charge in [0.2, 0.25) is 0 Å². The molecule has 0 aliphatic rings. The van der Waals surface area contributed by atoms with Crippen LogP contribution in [0.25, 0.3) is 11.1 Å².